The molecule has 2 rings (SSSR count). The predicted molar refractivity (Wildman–Crippen MR) is 71.8 cm³/mol. The summed E-state index contributed by atoms with van der Waals surface area (Å²) in [7, 11) is 0. The quantitative estimate of drug-likeness (QED) is 0.671. The van der Waals surface area contributed by atoms with E-state index in [1.807, 2.05) is 0 Å². The van der Waals surface area contributed by atoms with Crippen LogP contribution < -0.4 is 10.6 Å². The highest BCUT2D eigenvalue weighted by atomic mass is 16.4. The van der Waals surface area contributed by atoms with Gasteiger partial charge in [0.2, 0.25) is 5.91 Å². The van der Waals surface area contributed by atoms with Crippen molar-refractivity contribution in [3.05, 3.63) is 0 Å². The molecule has 1 aliphatic heterocycles. The van der Waals surface area contributed by atoms with Crippen LogP contribution in [0.4, 0.5) is 0 Å². The van der Waals surface area contributed by atoms with Crippen molar-refractivity contribution in [2.75, 3.05) is 13.1 Å². The molecule has 1 atom stereocenters. The Morgan fingerprint density at radius 1 is 1.21 bits per heavy atom. The summed E-state index contributed by atoms with van der Waals surface area (Å²) in [6.07, 6.45) is 6.49. The van der Waals surface area contributed by atoms with Gasteiger partial charge in [-0.3, -0.25) is 4.79 Å². The topological polar surface area (TPSA) is 78.4 Å². The van der Waals surface area contributed by atoms with Gasteiger partial charge in [-0.15, -0.1) is 0 Å². The van der Waals surface area contributed by atoms with Crippen LogP contribution >= 0.6 is 0 Å². The van der Waals surface area contributed by atoms with E-state index in [2.05, 4.69) is 10.6 Å². The molecule has 1 unspecified atom stereocenters. The second kappa shape index (κ2) is 6.37. The Morgan fingerprint density at radius 3 is 2.42 bits per heavy atom. The van der Waals surface area contributed by atoms with Crippen LogP contribution in [0.3, 0.4) is 0 Å². The molecule has 1 aliphatic carbocycles. The molecule has 2 fully saturated rings. The summed E-state index contributed by atoms with van der Waals surface area (Å²) in [6, 6.07) is 0. The number of hydrogen-bond donors (Lipinski definition) is 3. The van der Waals surface area contributed by atoms with Crippen molar-refractivity contribution in [1.29, 1.82) is 0 Å². The van der Waals surface area contributed by atoms with E-state index in [1.54, 1.807) is 0 Å². The van der Waals surface area contributed by atoms with E-state index in [0.29, 0.717) is 25.2 Å². The molecule has 2 aliphatic rings. The van der Waals surface area contributed by atoms with Gasteiger partial charge in [0.05, 0.1) is 0 Å². The average Bonchev–Trinajstić information content (AvgIpc) is 2.73. The molecule has 0 aromatic rings. The highest BCUT2D eigenvalue weighted by molar-refractivity contribution is 5.87. The molecule has 5 nitrogen and oxygen atoms in total. The molecule has 1 heterocycles. The van der Waals surface area contributed by atoms with Crippen molar-refractivity contribution in [1.82, 2.24) is 10.6 Å². The first kappa shape index (κ1) is 14.3. The average molecular weight is 268 g/mol. The Kier molecular flexibility index (Phi) is 4.80. The minimum atomic E-state index is -1.01. The van der Waals surface area contributed by atoms with Gasteiger partial charge < -0.3 is 15.7 Å². The van der Waals surface area contributed by atoms with E-state index < -0.39 is 11.5 Å². The Hall–Kier alpha value is -1.10. The van der Waals surface area contributed by atoms with Crippen LogP contribution in [0.15, 0.2) is 0 Å². The summed E-state index contributed by atoms with van der Waals surface area (Å²) in [6.45, 7) is 1.83. The van der Waals surface area contributed by atoms with Gasteiger partial charge in [0, 0.05) is 6.42 Å². The molecule has 108 valence electrons. The molecular formula is C14H24N2O3. The molecule has 0 aromatic heterocycles. The van der Waals surface area contributed by atoms with Gasteiger partial charge in [-0.25, -0.2) is 4.79 Å². The van der Waals surface area contributed by atoms with Gasteiger partial charge in [-0.05, 0) is 38.3 Å². The second-order valence-corrected chi connectivity index (χ2v) is 5.91. The monoisotopic (exact) mass is 268 g/mol. The SMILES string of the molecule is O=C(CC1CCNC1)NC1(C(=O)O)CCCCCC1. The van der Waals surface area contributed by atoms with E-state index in [4.69, 9.17) is 0 Å². The summed E-state index contributed by atoms with van der Waals surface area (Å²) in [4.78, 5) is 23.7. The number of carboxylic acid groups (broad SMARTS) is 1. The number of hydrogen-bond acceptors (Lipinski definition) is 3. The lowest BCUT2D eigenvalue weighted by Gasteiger charge is -2.29. The standard InChI is InChI=1S/C14H24N2O3/c17-12(9-11-5-8-15-10-11)16-14(13(18)19)6-3-1-2-4-7-14/h11,15H,1-10H2,(H,16,17)(H,18,19). The minimum absolute atomic E-state index is 0.0991. The van der Waals surface area contributed by atoms with Crippen molar-refractivity contribution in [3.63, 3.8) is 0 Å². The Bertz CT molecular complexity index is 330. The maximum Gasteiger partial charge on any atom is 0.329 e. The van der Waals surface area contributed by atoms with Crippen molar-refractivity contribution >= 4 is 11.9 Å². The zero-order valence-electron chi connectivity index (χ0n) is 11.4. The van der Waals surface area contributed by atoms with E-state index in [-0.39, 0.29) is 5.91 Å². The highest BCUT2D eigenvalue weighted by Gasteiger charge is 2.40. The summed E-state index contributed by atoms with van der Waals surface area (Å²) < 4.78 is 0. The first-order chi connectivity index (χ1) is 9.12. The van der Waals surface area contributed by atoms with Crippen LogP contribution in [0.5, 0.6) is 0 Å². The fourth-order valence-corrected chi connectivity index (χ4v) is 3.19. The first-order valence-electron chi connectivity index (χ1n) is 7.37. The van der Waals surface area contributed by atoms with Crippen molar-refractivity contribution in [2.45, 2.75) is 56.9 Å². The third kappa shape index (κ3) is 3.69. The fraction of sp³-hybridized carbons (Fsp3) is 0.857. The fourth-order valence-electron chi connectivity index (χ4n) is 3.19. The zero-order chi connectivity index (χ0) is 13.7. The Morgan fingerprint density at radius 2 is 1.89 bits per heavy atom. The molecule has 1 saturated heterocycles. The van der Waals surface area contributed by atoms with Gasteiger partial charge in [0.15, 0.2) is 0 Å². The molecule has 1 saturated carbocycles. The molecule has 3 N–H and O–H groups in total. The molecule has 5 heteroatoms. The van der Waals surface area contributed by atoms with Crippen LogP contribution in [0.25, 0.3) is 0 Å². The van der Waals surface area contributed by atoms with Gasteiger partial charge in [-0.1, -0.05) is 25.7 Å². The van der Waals surface area contributed by atoms with Crippen LogP contribution in [0, 0.1) is 5.92 Å². The molecule has 0 spiro atoms. The summed E-state index contributed by atoms with van der Waals surface area (Å²) >= 11 is 0. The predicted octanol–water partition coefficient (Wildman–Crippen LogP) is 1.28. The number of amides is 1. The van der Waals surface area contributed by atoms with Crippen LogP contribution in [0.1, 0.15) is 51.4 Å². The van der Waals surface area contributed by atoms with Crippen LogP contribution in [-0.4, -0.2) is 35.6 Å². The lowest BCUT2D eigenvalue weighted by atomic mass is 9.89. The first-order valence-corrected chi connectivity index (χ1v) is 7.37. The molecule has 0 aromatic carbocycles. The van der Waals surface area contributed by atoms with Crippen molar-refractivity contribution in [3.8, 4) is 0 Å². The molecule has 0 radical (unpaired) electrons. The lowest BCUT2D eigenvalue weighted by Crippen LogP contribution is -2.54. The van der Waals surface area contributed by atoms with E-state index >= 15 is 0 Å². The summed E-state index contributed by atoms with van der Waals surface area (Å²) in [5.74, 6) is -0.609. The molecule has 1 amide bonds. The number of nitrogens with one attached hydrogen (secondary N) is 2. The largest absolute Gasteiger partial charge is 0.480 e. The highest BCUT2D eigenvalue weighted by Crippen LogP contribution is 2.28. The van der Waals surface area contributed by atoms with Crippen LogP contribution in [-0.2, 0) is 9.59 Å². The second-order valence-electron chi connectivity index (χ2n) is 5.91. The van der Waals surface area contributed by atoms with E-state index in [0.717, 1.165) is 45.2 Å². The maximum atomic E-state index is 12.1. The summed E-state index contributed by atoms with van der Waals surface area (Å²) in [5, 5.41) is 15.6. The summed E-state index contributed by atoms with van der Waals surface area (Å²) in [5.41, 5.74) is -1.01. The number of carbonyl (C=O) groups is 2. The van der Waals surface area contributed by atoms with E-state index in [9.17, 15) is 14.7 Å². The third-order valence-electron chi connectivity index (χ3n) is 4.38. The van der Waals surface area contributed by atoms with Crippen molar-refractivity contribution in [2.24, 2.45) is 5.92 Å². The zero-order valence-corrected chi connectivity index (χ0v) is 11.4. The number of carboxylic acids is 1. The van der Waals surface area contributed by atoms with Crippen LogP contribution in [0.2, 0.25) is 0 Å². The normalized spacial score (nSPS) is 26.6. The smallest absolute Gasteiger partial charge is 0.329 e. The third-order valence-corrected chi connectivity index (χ3v) is 4.38. The van der Waals surface area contributed by atoms with Crippen molar-refractivity contribution < 1.29 is 14.7 Å². The van der Waals surface area contributed by atoms with Gasteiger partial charge in [-0.2, -0.15) is 0 Å². The minimum Gasteiger partial charge on any atom is -0.480 e. The number of rotatable bonds is 4. The van der Waals surface area contributed by atoms with Gasteiger partial charge >= 0.3 is 5.97 Å². The Balaban J connectivity index is 1.94. The molecule has 0 bridgehead atoms. The van der Waals surface area contributed by atoms with Gasteiger partial charge in [0.1, 0.15) is 5.54 Å². The molecule has 19 heavy (non-hydrogen) atoms. The number of aliphatic carboxylic acids is 1. The number of carbonyl (C=O) groups excluding carboxylic acids is 1. The maximum absolute atomic E-state index is 12.1. The van der Waals surface area contributed by atoms with E-state index in [1.165, 1.54) is 0 Å². The van der Waals surface area contributed by atoms with Gasteiger partial charge in [0.25, 0.3) is 0 Å². The Labute approximate surface area is 114 Å². The lowest BCUT2D eigenvalue weighted by molar-refractivity contribution is -0.148. The molecular weight excluding hydrogens is 244 g/mol.